The molecule has 2 aromatic carbocycles. The SMILES string of the molecule is COC(=O)c1ccccc1NC(=O)Nc1ccccc1C#N. The van der Waals surface area contributed by atoms with Gasteiger partial charge in [0.05, 0.1) is 29.6 Å². The zero-order valence-electron chi connectivity index (χ0n) is 11.8. The van der Waals surface area contributed by atoms with Gasteiger partial charge < -0.3 is 15.4 Å². The van der Waals surface area contributed by atoms with Gasteiger partial charge in [0, 0.05) is 0 Å². The fourth-order valence-corrected chi connectivity index (χ4v) is 1.85. The highest BCUT2D eigenvalue weighted by atomic mass is 16.5. The number of urea groups is 1. The molecule has 0 saturated carbocycles. The van der Waals surface area contributed by atoms with Crippen LogP contribution in [0.1, 0.15) is 15.9 Å². The molecule has 6 heteroatoms. The molecule has 22 heavy (non-hydrogen) atoms. The summed E-state index contributed by atoms with van der Waals surface area (Å²) in [6.07, 6.45) is 0. The first-order valence-electron chi connectivity index (χ1n) is 6.40. The molecule has 0 aliphatic carbocycles. The summed E-state index contributed by atoms with van der Waals surface area (Å²) >= 11 is 0. The van der Waals surface area contributed by atoms with Crippen molar-refractivity contribution >= 4 is 23.4 Å². The summed E-state index contributed by atoms with van der Waals surface area (Å²) < 4.78 is 4.66. The average molecular weight is 295 g/mol. The van der Waals surface area contributed by atoms with E-state index >= 15 is 0 Å². The van der Waals surface area contributed by atoms with Gasteiger partial charge in [0.2, 0.25) is 0 Å². The van der Waals surface area contributed by atoms with Crippen LogP contribution in [0.4, 0.5) is 16.2 Å². The second-order valence-electron chi connectivity index (χ2n) is 4.27. The number of nitriles is 1. The summed E-state index contributed by atoms with van der Waals surface area (Å²) in [4.78, 5) is 23.7. The lowest BCUT2D eigenvalue weighted by Crippen LogP contribution is -2.21. The Bertz CT molecular complexity index is 750. The second-order valence-corrected chi connectivity index (χ2v) is 4.27. The van der Waals surface area contributed by atoms with Crippen molar-refractivity contribution in [1.29, 1.82) is 5.26 Å². The molecule has 0 aromatic heterocycles. The highest BCUT2D eigenvalue weighted by molar-refractivity contribution is 6.05. The van der Waals surface area contributed by atoms with Gasteiger partial charge in [0.1, 0.15) is 6.07 Å². The molecule has 2 N–H and O–H groups in total. The van der Waals surface area contributed by atoms with Crippen molar-refractivity contribution in [3.8, 4) is 6.07 Å². The number of hydrogen-bond donors (Lipinski definition) is 2. The van der Waals surface area contributed by atoms with Gasteiger partial charge in [-0.15, -0.1) is 0 Å². The Morgan fingerprint density at radius 2 is 1.59 bits per heavy atom. The Kier molecular flexibility index (Phi) is 4.73. The highest BCUT2D eigenvalue weighted by Gasteiger charge is 2.13. The fraction of sp³-hybridized carbons (Fsp3) is 0.0625. The smallest absolute Gasteiger partial charge is 0.339 e. The molecule has 6 nitrogen and oxygen atoms in total. The van der Waals surface area contributed by atoms with Crippen LogP contribution in [0.15, 0.2) is 48.5 Å². The van der Waals surface area contributed by atoms with Crippen LogP contribution in [0.3, 0.4) is 0 Å². The molecule has 0 fully saturated rings. The molecule has 0 atom stereocenters. The van der Waals surface area contributed by atoms with E-state index < -0.39 is 12.0 Å². The number of nitrogens with zero attached hydrogens (tertiary/aromatic N) is 1. The van der Waals surface area contributed by atoms with Crippen molar-refractivity contribution in [2.24, 2.45) is 0 Å². The standard InChI is InChI=1S/C16H13N3O3/c1-22-15(20)12-7-3-5-9-14(12)19-16(21)18-13-8-4-2-6-11(13)10-17/h2-9H,1H3,(H2,18,19,21). The zero-order valence-corrected chi connectivity index (χ0v) is 11.8. The third-order valence-corrected chi connectivity index (χ3v) is 2.88. The molecule has 0 aliphatic heterocycles. The molecule has 0 saturated heterocycles. The largest absolute Gasteiger partial charge is 0.465 e. The summed E-state index contributed by atoms with van der Waals surface area (Å²) in [6, 6.07) is 14.5. The van der Waals surface area contributed by atoms with E-state index in [4.69, 9.17) is 5.26 Å². The van der Waals surface area contributed by atoms with Gasteiger partial charge in [0.15, 0.2) is 0 Å². The molecule has 0 radical (unpaired) electrons. The highest BCUT2D eigenvalue weighted by Crippen LogP contribution is 2.18. The summed E-state index contributed by atoms with van der Waals surface area (Å²) in [5.74, 6) is -0.548. The van der Waals surface area contributed by atoms with Gasteiger partial charge in [-0.25, -0.2) is 9.59 Å². The summed E-state index contributed by atoms with van der Waals surface area (Å²) in [5, 5.41) is 14.1. The molecule has 0 spiro atoms. The number of rotatable bonds is 3. The van der Waals surface area contributed by atoms with Crippen LogP contribution in [-0.2, 0) is 4.74 Å². The minimum Gasteiger partial charge on any atom is -0.465 e. The van der Waals surface area contributed by atoms with E-state index in [0.717, 1.165) is 0 Å². The third kappa shape index (κ3) is 3.41. The molecule has 2 rings (SSSR count). The number of carbonyl (C=O) groups excluding carboxylic acids is 2. The number of esters is 1. The number of hydrogen-bond acceptors (Lipinski definition) is 4. The molecule has 110 valence electrons. The molecule has 2 aromatic rings. The van der Waals surface area contributed by atoms with Crippen LogP contribution < -0.4 is 10.6 Å². The van der Waals surface area contributed by atoms with Crippen LogP contribution in [0.25, 0.3) is 0 Å². The second kappa shape index (κ2) is 6.90. The molecule has 0 unspecified atom stereocenters. The Labute approximate surface area is 127 Å². The Morgan fingerprint density at radius 3 is 2.27 bits per heavy atom. The maximum Gasteiger partial charge on any atom is 0.339 e. The maximum atomic E-state index is 12.0. The number of amides is 2. The quantitative estimate of drug-likeness (QED) is 0.851. The number of carbonyl (C=O) groups is 2. The zero-order chi connectivity index (χ0) is 15.9. The van der Waals surface area contributed by atoms with Gasteiger partial charge in [0.25, 0.3) is 0 Å². The minimum atomic E-state index is -0.556. The lowest BCUT2D eigenvalue weighted by molar-refractivity contribution is 0.0602. The summed E-state index contributed by atoms with van der Waals surface area (Å²) in [7, 11) is 1.27. The fourth-order valence-electron chi connectivity index (χ4n) is 1.85. The van der Waals surface area contributed by atoms with Crippen molar-refractivity contribution < 1.29 is 14.3 Å². The van der Waals surface area contributed by atoms with E-state index in [0.29, 0.717) is 16.9 Å². The average Bonchev–Trinajstić information content (AvgIpc) is 2.55. The molecular formula is C16H13N3O3. The molecule has 2 amide bonds. The Hall–Kier alpha value is -3.33. The van der Waals surface area contributed by atoms with Crippen molar-refractivity contribution in [2.75, 3.05) is 17.7 Å². The number of benzene rings is 2. The van der Waals surface area contributed by atoms with Crippen molar-refractivity contribution in [3.63, 3.8) is 0 Å². The maximum absolute atomic E-state index is 12.0. The Morgan fingerprint density at radius 1 is 1.00 bits per heavy atom. The van der Waals surface area contributed by atoms with Gasteiger partial charge in [-0.2, -0.15) is 5.26 Å². The number of nitrogens with one attached hydrogen (secondary N) is 2. The van der Waals surface area contributed by atoms with E-state index in [1.165, 1.54) is 7.11 Å². The van der Waals surface area contributed by atoms with Crippen LogP contribution in [0, 0.1) is 11.3 Å². The van der Waals surface area contributed by atoms with Crippen LogP contribution >= 0.6 is 0 Å². The molecular weight excluding hydrogens is 282 g/mol. The summed E-state index contributed by atoms with van der Waals surface area (Å²) in [6.45, 7) is 0. The lowest BCUT2D eigenvalue weighted by Gasteiger charge is -2.11. The van der Waals surface area contributed by atoms with Crippen LogP contribution in [0.2, 0.25) is 0 Å². The third-order valence-electron chi connectivity index (χ3n) is 2.88. The van der Waals surface area contributed by atoms with Gasteiger partial charge >= 0.3 is 12.0 Å². The first kappa shape index (κ1) is 15.1. The van der Waals surface area contributed by atoms with E-state index in [9.17, 15) is 9.59 Å². The van der Waals surface area contributed by atoms with Crippen LogP contribution in [0.5, 0.6) is 0 Å². The lowest BCUT2D eigenvalue weighted by atomic mass is 10.2. The van der Waals surface area contributed by atoms with Crippen molar-refractivity contribution in [2.45, 2.75) is 0 Å². The minimum absolute atomic E-state index is 0.244. The number of methoxy groups -OCH3 is 1. The van der Waals surface area contributed by atoms with Gasteiger partial charge in [-0.3, -0.25) is 0 Å². The van der Waals surface area contributed by atoms with Gasteiger partial charge in [-0.1, -0.05) is 24.3 Å². The number of anilines is 2. The van der Waals surface area contributed by atoms with Crippen LogP contribution in [-0.4, -0.2) is 19.1 Å². The Balaban J connectivity index is 2.17. The number of ether oxygens (including phenoxy) is 1. The normalized spacial score (nSPS) is 9.45. The molecule has 0 bridgehead atoms. The van der Waals surface area contributed by atoms with Crippen molar-refractivity contribution in [3.05, 3.63) is 59.7 Å². The van der Waals surface area contributed by atoms with Crippen molar-refractivity contribution in [1.82, 2.24) is 0 Å². The first-order chi connectivity index (χ1) is 10.7. The predicted octanol–water partition coefficient (Wildman–Crippen LogP) is 2.99. The predicted molar refractivity (Wildman–Crippen MR) is 81.6 cm³/mol. The van der Waals surface area contributed by atoms with Gasteiger partial charge in [-0.05, 0) is 24.3 Å². The monoisotopic (exact) mass is 295 g/mol. The van der Waals surface area contributed by atoms with E-state index in [1.807, 2.05) is 6.07 Å². The topological polar surface area (TPSA) is 91.2 Å². The van der Waals surface area contributed by atoms with E-state index in [2.05, 4.69) is 15.4 Å². The molecule has 0 heterocycles. The molecule has 0 aliphatic rings. The first-order valence-corrected chi connectivity index (χ1v) is 6.40. The number of para-hydroxylation sites is 2. The van der Waals surface area contributed by atoms with E-state index in [-0.39, 0.29) is 5.56 Å². The summed E-state index contributed by atoms with van der Waals surface area (Å²) in [5.41, 5.74) is 1.30. The van der Waals surface area contributed by atoms with E-state index in [1.54, 1.807) is 48.5 Å².